The SMILES string of the molecule is c1ccc(-n2ccn(-c3ccccc3)c3cc4c5ccc(-c6cccc7c6sc6ccccc67)cc5c5ccccc5c5ccccc5c4cc32)cc1. The van der Waals surface area contributed by atoms with Gasteiger partial charge in [0.1, 0.15) is 0 Å². The number of para-hydroxylation sites is 2. The van der Waals surface area contributed by atoms with Crippen LogP contribution < -0.4 is 0 Å². The van der Waals surface area contributed by atoms with Crippen LogP contribution in [-0.4, -0.2) is 9.13 Å². The first-order chi connectivity index (χ1) is 26.3. The number of fused-ring (bicyclic) bond motifs is 12. The molecule has 0 spiro atoms. The lowest BCUT2D eigenvalue weighted by Gasteiger charge is -2.19. The topological polar surface area (TPSA) is 9.86 Å². The van der Waals surface area contributed by atoms with E-state index in [0.717, 1.165) is 22.4 Å². The zero-order valence-electron chi connectivity index (χ0n) is 28.8. The lowest BCUT2D eigenvalue weighted by atomic mass is 9.92. The molecule has 0 amide bonds. The first-order valence-electron chi connectivity index (χ1n) is 18.1. The highest BCUT2D eigenvalue weighted by molar-refractivity contribution is 7.26. The van der Waals surface area contributed by atoms with Gasteiger partial charge in [-0.25, -0.2) is 0 Å². The van der Waals surface area contributed by atoms with Gasteiger partial charge in [0.05, 0.1) is 11.0 Å². The molecule has 0 unspecified atom stereocenters. The molecule has 3 heteroatoms. The van der Waals surface area contributed by atoms with Crippen molar-refractivity contribution in [2.45, 2.75) is 0 Å². The van der Waals surface area contributed by atoms with Gasteiger partial charge in [0.15, 0.2) is 0 Å². The van der Waals surface area contributed by atoms with Crippen molar-refractivity contribution in [3.63, 3.8) is 0 Å². The maximum atomic E-state index is 2.44. The smallest absolute Gasteiger partial charge is 0.0703 e. The fourth-order valence-corrected chi connectivity index (χ4v) is 9.62. The Balaban J connectivity index is 1.33. The van der Waals surface area contributed by atoms with E-state index in [1.54, 1.807) is 0 Å². The third-order valence-corrected chi connectivity index (χ3v) is 12.0. The summed E-state index contributed by atoms with van der Waals surface area (Å²) >= 11 is 1.89. The number of thiophene rings is 1. The number of hydrogen-bond acceptors (Lipinski definition) is 1. The minimum absolute atomic E-state index is 1.13. The number of hydrogen-bond donors (Lipinski definition) is 0. The molecule has 0 saturated heterocycles. The molecule has 0 aliphatic heterocycles. The lowest BCUT2D eigenvalue weighted by Crippen LogP contribution is -2.04. The standard InChI is InChI=1S/C50H32N2S/c1-3-14-34(15-4-1)51-28-29-52(35-16-5-2-6-17-35)48-32-46-41-27-26-33(36-23-13-24-43-42-22-11-12-25-49(42)53-50(36)43)30-44(41)39-20-9-7-18-37(39)38-19-8-10-21-40(38)45(46)31-47(48)51/h1-32H. The molecule has 0 aliphatic carbocycles. The minimum atomic E-state index is 1.13. The van der Waals surface area contributed by atoms with Gasteiger partial charge >= 0.3 is 0 Å². The quantitative estimate of drug-likeness (QED) is 0.174. The van der Waals surface area contributed by atoms with Gasteiger partial charge in [0, 0.05) is 43.9 Å². The number of aromatic nitrogens is 2. The van der Waals surface area contributed by atoms with Crippen molar-refractivity contribution in [1.82, 2.24) is 9.13 Å². The van der Waals surface area contributed by atoms with Gasteiger partial charge in [0.2, 0.25) is 0 Å². The molecule has 0 atom stereocenters. The van der Waals surface area contributed by atoms with Crippen molar-refractivity contribution in [2.75, 3.05) is 0 Å². The molecule has 0 saturated carbocycles. The van der Waals surface area contributed by atoms with Gasteiger partial charge < -0.3 is 9.13 Å². The third kappa shape index (κ3) is 4.71. The molecular formula is C50H32N2S. The average Bonchev–Trinajstić information content (AvgIpc) is 3.62. The highest BCUT2D eigenvalue weighted by atomic mass is 32.1. The van der Waals surface area contributed by atoms with Crippen LogP contribution in [0.5, 0.6) is 0 Å². The molecule has 0 aliphatic rings. The molecule has 53 heavy (non-hydrogen) atoms. The molecule has 11 aromatic rings. The van der Waals surface area contributed by atoms with E-state index >= 15 is 0 Å². The summed E-state index contributed by atoms with van der Waals surface area (Å²) in [5, 5.41) is 12.5. The van der Waals surface area contributed by atoms with Crippen molar-refractivity contribution in [3.8, 4) is 22.5 Å². The second-order valence-corrected chi connectivity index (χ2v) is 14.8. The Labute approximate surface area is 310 Å². The summed E-state index contributed by atoms with van der Waals surface area (Å²) in [5.74, 6) is 0. The van der Waals surface area contributed by atoms with Gasteiger partial charge in [-0.1, -0.05) is 133 Å². The molecule has 2 aromatic heterocycles. The van der Waals surface area contributed by atoms with Crippen LogP contribution in [0.1, 0.15) is 0 Å². The maximum absolute atomic E-state index is 2.44. The van der Waals surface area contributed by atoms with Crippen molar-refractivity contribution in [3.05, 3.63) is 194 Å². The van der Waals surface area contributed by atoms with Crippen LogP contribution in [0.2, 0.25) is 0 Å². The summed E-state index contributed by atoms with van der Waals surface area (Å²) in [6.07, 6.45) is 4.38. The Bertz CT molecular complexity index is 3270. The molecule has 11 rings (SSSR count). The van der Waals surface area contributed by atoms with E-state index in [0.29, 0.717) is 0 Å². The fourth-order valence-electron chi connectivity index (χ4n) is 8.38. The van der Waals surface area contributed by atoms with Crippen LogP contribution >= 0.6 is 11.3 Å². The van der Waals surface area contributed by atoms with Crippen molar-refractivity contribution < 1.29 is 0 Å². The summed E-state index contributed by atoms with van der Waals surface area (Å²) in [4.78, 5) is 0. The van der Waals surface area contributed by atoms with Crippen LogP contribution in [0.4, 0.5) is 0 Å². The van der Waals surface area contributed by atoms with Gasteiger partial charge in [-0.3, -0.25) is 0 Å². The zero-order chi connectivity index (χ0) is 34.9. The van der Waals surface area contributed by atoms with Crippen molar-refractivity contribution in [1.29, 1.82) is 0 Å². The summed E-state index contributed by atoms with van der Waals surface area (Å²) in [7, 11) is 0. The zero-order valence-corrected chi connectivity index (χ0v) is 29.6. The Hall–Kier alpha value is -6.68. The Morgan fingerprint density at radius 2 is 0.774 bits per heavy atom. The Kier molecular flexibility index (Phi) is 6.76. The Morgan fingerprint density at radius 1 is 0.321 bits per heavy atom. The predicted octanol–water partition coefficient (Wildman–Crippen LogP) is 14.2. The van der Waals surface area contributed by atoms with E-state index in [1.165, 1.54) is 74.4 Å². The van der Waals surface area contributed by atoms with Crippen LogP contribution in [0.15, 0.2) is 194 Å². The van der Waals surface area contributed by atoms with E-state index in [-0.39, 0.29) is 0 Å². The number of nitrogens with zero attached hydrogens (tertiary/aromatic N) is 2. The summed E-state index contributed by atoms with van der Waals surface area (Å²) < 4.78 is 7.30. The largest absolute Gasteiger partial charge is 0.314 e. The van der Waals surface area contributed by atoms with Crippen LogP contribution in [-0.2, 0) is 0 Å². The van der Waals surface area contributed by atoms with E-state index < -0.39 is 0 Å². The Morgan fingerprint density at radius 3 is 1.36 bits per heavy atom. The van der Waals surface area contributed by atoms with Gasteiger partial charge in [0.25, 0.3) is 0 Å². The van der Waals surface area contributed by atoms with E-state index in [2.05, 4.69) is 204 Å². The van der Waals surface area contributed by atoms with Crippen molar-refractivity contribution >= 4 is 85.6 Å². The monoisotopic (exact) mass is 692 g/mol. The first-order valence-corrected chi connectivity index (χ1v) is 18.9. The lowest BCUT2D eigenvalue weighted by molar-refractivity contribution is 1.01. The highest BCUT2D eigenvalue weighted by Crippen LogP contribution is 2.43. The summed E-state index contributed by atoms with van der Waals surface area (Å²) in [6.45, 7) is 0. The van der Waals surface area contributed by atoms with Crippen LogP contribution in [0, 0.1) is 0 Å². The second kappa shape index (κ2) is 11.9. The molecule has 0 bridgehead atoms. The van der Waals surface area contributed by atoms with Gasteiger partial charge in [-0.2, -0.15) is 0 Å². The number of rotatable bonds is 3. The molecule has 248 valence electrons. The second-order valence-electron chi connectivity index (χ2n) is 13.7. The molecule has 0 N–H and O–H groups in total. The third-order valence-electron chi connectivity index (χ3n) is 10.8. The molecular weight excluding hydrogens is 661 g/mol. The molecule has 0 fully saturated rings. The van der Waals surface area contributed by atoms with Gasteiger partial charge in [-0.05, 0) is 103 Å². The van der Waals surface area contributed by atoms with Crippen molar-refractivity contribution in [2.24, 2.45) is 0 Å². The minimum Gasteiger partial charge on any atom is -0.314 e. The number of benzene rings is 8. The predicted molar refractivity (Wildman–Crippen MR) is 229 cm³/mol. The van der Waals surface area contributed by atoms with Crippen LogP contribution in [0.3, 0.4) is 0 Å². The molecule has 2 heterocycles. The van der Waals surface area contributed by atoms with E-state index in [1.807, 2.05) is 11.3 Å². The summed E-state index contributed by atoms with van der Waals surface area (Å²) in [5.41, 5.74) is 7.03. The van der Waals surface area contributed by atoms with E-state index in [4.69, 9.17) is 0 Å². The first kappa shape index (κ1) is 30.0. The molecule has 2 nitrogen and oxygen atoms in total. The molecule has 0 radical (unpaired) electrons. The fraction of sp³-hybridized carbons (Fsp3) is 0. The normalized spacial score (nSPS) is 11.8. The van der Waals surface area contributed by atoms with Crippen LogP contribution in [0.25, 0.3) is 96.8 Å². The van der Waals surface area contributed by atoms with E-state index in [9.17, 15) is 0 Å². The molecule has 9 aromatic carbocycles. The highest BCUT2D eigenvalue weighted by Gasteiger charge is 2.16. The maximum Gasteiger partial charge on any atom is 0.0703 e. The van der Waals surface area contributed by atoms with Gasteiger partial charge in [-0.15, -0.1) is 11.3 Å². The average molecular weight is 693 g/mol. The summed E-state index contributed by atoms with van der Waals surface area (Å²) in [6, 6.07) is 66.7.